The molecule has 2 aromatic rings. The molecular weight excluding hydrogens is 581 g/mol. The smallest absolute Gasteiger partial charge is 0.275 e. The zero-order chi connectivity index (χ0) is 32.5. The number of benzene rings is 2. The number of unbranched alkanes of at least 4 members (excludes halogenated alkanes) is 1. The Kier molecular flexibility index (Phi) is 12.5. The van der Waals surface area contributed by atoms with Gasteiger partial charge in [0.15, 0.2) is 0 Å². The second-order valence-electron chi connectivity index (χ2n) is 12.6. The van der Waals surface area contributed by atoms with E-state index in [1.165, 1.54) is 12.1 Å². The van der Waals surface area contributed by atoms with Crippen LogP contribution in [0.5, 0.6) is 0 Å². The zero-order valence-electron chi connectivity index (χ0n) is 26.5. The molecule has 1 atom stereocenters. The zero-order valence-corrected chi connectivity index (χ0v) is 27.3. The van der Waals surface area contributed by atoms with Gasteiger partial charge in [0.25, 0.3) is 5.91 Å². The van der Waals surface area contributed by atoms with E-state index in [4.69, 9.17) is 28.2 Å². The molecule has 4 rings (SSSR count). The molecule has 1 aliphatic carbocycles. The van der Waals surface area contributed by atoms with Crippen molar-refractivity contribution in [2.75, 3.05) is 13.6 Å². The Morgan fingerprint density at radius 2 is 1.89 bits per heavy atom. The van der Waals surface area contributed by atoms with Gasteiger partial charge in [-0.15, -0.1) is 0 Å². The maximum Gasteiger partial charge on any atom is 0.275 e. The molecule has 2 aliphatic rings. The number of hydrazone groups is 1. The number of carbonyl (C=O) groups excluding carboxylic acids is 2. The van der Waals surface area contributed by atoms with Crippen molar-refractivity contribution < 1.29 is 14.0 Å². The van der Waals surface area contributed by atoms with E-state index >= 15 is 0 Å². The average molecular weight is 628 g/mol. The van der Waals surface area contributed by atoms with Crippen LogP contribution in [0.4, 0.5) is 4.39 Å². The molecule has 0 bridgehead atoms. The summed E-state index contributed by atoms with van der Waals surface area (Å²) in [6.07, 6.45) is 7.08. The van der Waals surface area contributed by atoms with Crippen molar-refractivity contribution in [2.24, 2.45) is 33.0 Å². The van der Waals surface area contributed by atoms with Crippen LogP contribution in [0.25, 0.3) is 0 Å². The first-order valence-electron chi connectivity index (χ1n) is 15.3. The van der Waals surface area contributed by atoms with Crippen LogP contribution in [0.2, 0.25) is 5.02 Å². The Hall–Kier alpha value is -3.34. The maximum atomic E-state index is 14.4. The van der Waals surface area contributed by atoms with Gasteiger partial charge in [-0.25, -0.2) is 15.8 Å². The third-order valence-electron chi connectivity index (χ3n) is 8.56. The van der Waals surface area contributed by atoms with Gasteiger partial charge in [0.1, 0.15) is 29.3 Å². The highest BCUT2D eigenvalue weighted by atomic mass is 35.5. The Morgan fingerprint density at radius 3 is 2.41 bits per heavy atom. The summed E-state index contributed by atoms with van der Waals surface area (Å²) in [5.74, 6) is 5.09. The van der Waals surface area contributed by atoms with Gasteiger partial charge in [-0.05, 0) is 68.2 Å². The SMILES string of the molecule is CCCCC(c1ccc(C=O)cc1)N1C(=O)C(c2ccc(Cl)c(F)c2)=NC12CCC(C(C)(C)C)CC2.CNC/C(N)=N/NN. The standard InChI is InChI=1S/C30H36ClFN2O2.C3H11N5/c1-5-6-7-26(21-10-8-20(19-35)9-11-21)34-28(36)27(22-12-13-24(31)25(32)18-22)33-30(34)16-14-23(15-17-30)29(2,3)4;1-6-2-3(4)7-8-5/h8-13,18-19,23,26H,5-7,14-17H2,1-4H3;6,8H,2,5H2,1H3,(H2,4,7). The van der Waals surface area contributed by atoms with Gasteiger partial charge in [0.05, 0.1) is 17.6 Å². The molecule has 1 aliphatic heterocycles. The predicted octanol–water partition coefficient (Wildman–Crippen LogP) is 5.73. The molecule has 1 fully saturated rings. The van der Waals surface area contributed by atoms with Crippen LogP contribution in [-0.2, 0) is 4.79 Å². The predicted molar refractivity (Wildman–Crippen MR) is 176 cm³/mol. The number of nitrogens with two attached hydrogens (primary N) is 2. The third kappa shape index (κ3) is 8.43. The summed E-state index contributed by atoms with van der Waals surface area (Å²) in [6, 6.07) is 11.8. The number of aldehydes is 1. The topological polar surface area (TPSA) is 138 Å². The van der Waals surface area contributed by atoms with Gasteiger partial charge >= 0.3 is 0 Å². The molecular formula is C33H47ClFN7O2. The highest BCUT2D eigenvalue weighted by Crippen LogP contribution is 2.50. The lowest BCUT2D eigenvalue weighted by Crippen LogP contribution is -2.51. The van der Waals surface area contributed by atoms with Gasteiger partial charge in [0, 0.05) is 11.1 Å². The number of carbonyl (C=O) groups is 2. The number of amides is 1. The van der Waals surface area contributed by atoms with E-state index in [1.54, 1.807) is 25.2 Å². The first-order chi connectivity index (χ1) is 20.9. The number of hydrazine groups is 1. The molecule has 11 heteroatoms. The second-order valence-corrected chi connectivity index (χ2v) is 13.0. The lowest BCUT2D eigenvalue weighted by Gasteiger charge is -2.47. The summed E-state index contributed by atoms with van der Waals surface area (Å²) >= 11 is 5.93. The molecule has 1 heterocycles. The monoisotopic (exact) mass is 627 g/mol. The fraction of sp³-hybridized carbons (Fsp3) is 0.515. The van der Waals surface area contributed by atoms with Crippen molar-refractivity contribution in [1.29, 1.82) is 0 Å². The minimum absolute atomic E-state index is 0.0261. The lowest BCUT2D eigenvalue weighted by molar-refractivity contribution is -0.133. The quantitative estimate of drug-likeness (QED) is 0.0873. The number of nitrogens with one attached hydrogen (secondary N) is 2. The highest BCUT2D eigenvalue weighted by molar-refractivity contribution is 6.47. The van der Waals surface area contributed by atoms with Crippen molar-refractivity contribution in [1.82, 2.24) is 15.8 Å². The third-order valence-corrected chi connectivity index (χ3v) is 8.87. The van der Waals surface area contributed by atoms with Crippen molar-refractivity contribution in [3.8, 4) is 0 Å². The molecule has 1 amide bonds. The van der Waals surface area contributed by atoms with Crippen molar-refractivity contribution in [3.63, 3.8) is 0 Å². The number of hydrogen-bond donors (Lipinski definition) is 4. The Morgan fingerprint density at radius 1 is 1.23 bits per heavy atom. The molecule has 0 aromatic heterocycles. The van der Waals surface area contributed by atoms with Crippen LogP contribution >= 0.6 is 11.6 Å². The summed E-state index contributed by atoms with van der Waals surface area (Å²) < 4.78 is 14.4. The molecule has 44 heavy (non-hydrogen) atoms. The van der Waals surface area contributed by atoms with Crippen LogP contribution in [0.1, 0.15) is 100 Å². The first-order valence-corrected chi connectivity index (χ1v) is 15.6. The summed E-state index contributed by atoms with van der Waals surface area (Å²) in [7, 11) is 1.78. The number of aliphatic imine (C=N–C) groups is 1. The van der Waals surface area contributed by atoms with E-state index < -0.39 is 11.5 Å². The largest absolute Gasteiger partial charge is 0.385 e. The Bertz CT molecular complexity index is 1330. The van der Waals surface area contributed by atoms with Crippen LogP contribution in [0, 0.1) is 17.2 Å². The van der Waals surface area contributed by atoms with E-state index in [-0.39, 0.29) is 22.4 Å². The minimum atomic E-state index is -0.661. The van der Waals surface area contributed by atoms with Gasteiger partial charge in [-0.1, -0.05) is 82.5 Å². The van der Waals surface area contributed by atoms with Gasteiger partial charge in [0.2, 0.25) is 0 Å². The van der Waals surface area contributed by atoms with Crippen LogP contribution in [-0.4, -0.2) is 47.9 Å². The highest BCUT2D eigenvalue weighted by Gasteiger charge is 2.52. The normalized spacial score (nSPS) is 21.0. The van der Waals surface area contributed by atoms with Crippen molar-refractivity contribution in [3.05, 3.63) is 70.0 Å². The summed E-state index contributed by atoms with van der Waals surface area (Å²) in [5.41, 5.74) is 9.22. The van der Waals surface area contributed by atoms with E-state index in [0.29, 0.717) is 35.1 Å². The van der Waals surface area contributed by atoms with Crippen molar-refractivity contribution in [2.45, 2.75) is 84.3 Å². The van der Waals surface area contributed by atoms with E-state index in [9.17, 15) is 14.0 Å². The molecule has 6 N–H and O–H groups in total. The fourth-order valence-electron chi connectivity index (χ4n) is 6.12. The van der Waals surface area contributed by atoms with E-state index in [2.05, 4.69) is 43.6 Å². The number of rotatable bonds is 10. The molecule has 1 unspecified atom stereocenters. The van der Waals surface area contributed by atoms with Gasteiger partial charge in [-0.3, -0.25) is 14.6 Å². The van der Waals surface area contributed by atoms with E-state index in [0.717, 1.165) is 56.8 Å². The maximum absolute atomic E-state index is 14.4. The lowest BCUT2D eigenvalue weighted by atomic mass is 9.69. The number of nitrogens with zero attached hydrogens (tertiary/aromatic N) is 3. The number of likely N-dealkylation sites (N-methyl/N-ethyl adjacent to an activating group) is 1. The Balaban J connectivity index is 0.000000583. The number of amidine groups is 1. The van der Waals surface area contributed by atoms with Crippen molar-refractivity contribution >= 4 is 35.3 Å². The average Bonchev–Trinajstić information content (AvgIpc) is 3.26. The number of hydrogen-bond acceptors (Lipinski definition) is 7. The van der Waals surface area contributed by atoms with Gasteiger partial charge < -0.3 is 16.0 Å². The number of halogens is 2. The minimum Gasteiger partial charge on any atom is -0.385 e. The molecule has 1 spiro atoms. The molecule has 2 aromatic carbocycles. The molecule has 0 saturated heterocycles. The molecule has 240 valence electrons. The second kappa shape index (κ2) is 15.6. The van der Waals surface area contributed by atoms with Crippen LogP contribution < -0.4 is 22.4 Å². The van der Waals surface area contributed by atoms with Crippen LogP contribution in [0.15, 0.2) is 52.6 Å². The molecule has 0 radical (unpaired) electrons. The summed E-state index contributed by atoms with van der Waals surface area (Å²) in [4.78, 5) is 32.5. The summed E-state index contributed by atoms with van der Waals surface area (Å²) in [5, 5.41) is 6.30. The first kappa shape index (κ1) is 35.1. The molecule has 9 nitrogen and oxygen atoms in total. The van der Waals surface area contributed by atoms with Crippen LogP contribution in [0.3, 0.4) is 0 Å². The molecule has 1 saturated carbocycles. The van der Waals surface area contributed by atoms with E-state index in [1.807, 2.05) is 17.0 Å². The summed E-state index contributed by atoms with van der Waals surface area (Å²) in [6.45, 7) is 9.51. The van der Waals surface area contributed by atoms with Gasteiger partial charge in [-0.2, -0.15) is 5.10 Å². The fourth-order valence-corrected chi connectivity index (χ4v) is 6.23. The Labute approximate surface area is 265 Å².